The number of carboxylic acid groups (broad SMARTS) is 1. The van der Waals surface area contributed by atoms with Crippen molar-refractivity contribution in [3.8, 4) is 0 Å². The minimum Gasteiger partial charge on any atom is -0.479 e. The predicted octanol–water partition coefficient (Wildman–Crippen LogP) is -0.139. The molecule has 1 atom stereocenters. The van der Waals surface area contributed by atoms with Gasteiger partial charge in [-0.15, -0.1) is 0 Å². The number of carbonyl (C=O) groups is 2. The van der Waals surface area contributed by atoms with Gasteiger partial charge in [0.25, 0.3) is 0 Å². The second kappa shape index (κ2) is 6.70. The molecule has 104 valence electrons. The number of hydrogen-bond donors (Lipinski definition) is 4. The van der Waals surface area contributed by atoms with Crippen LogP contribution in [-0.2, 0) is 9.59 Å². The van der Waals surface area contributed by atoms with E-state index < -0.39 is 12.1 Å². The van der Waals surface area contributed by atoms with Gasteiger partial charge >= 0.3 is 5.97 Å². The van der Waals surface area contributed by atoms with Crippen LogP contribution >= 0.6 is 0 Å². The summed E-state index contributed by atoms with van der Waals surface area (Å²) in [5.41, 5.74) is -0.170. The first-order valence-corrected chi connectivity index (χ1v) is 6.35. The molecule has 1 fully saturated rings. The zero-order valence-corrected chi connectivity index (χ0v) is 10.7. The first-order valence-electron chi connectivity index (χ1n) is 6.35. The average Bonchev–Trinajstić information content (AvgIpc) is 2.36. The molecule has 0 saturated heterocycles. The fourth-order valence-corrected chi connectivity index (χ4v) is 2.41. The molecule has 1 amide bonds. The van der Waals surface area contributed by atoms with E-state index in [9.17, 15) is 9.59 Å². The Bertz CT molecular complexity index is 300. The molecular formula is C12H22N2O4. The number of hydrogen-bond acceptors (Lipinski definition) is 4. The van der Waals surface area contributed by atoms with Crippen LogP contribution < -0.4 is 10.6 Å². The van der Waals surface area contributed by atoms with Gasteiger partial charge in [0, 0.05) is 12.0 Å². The van der Waals surface area contributed by atoms with Crippen molar-refractivity contribution >= 4 is 11.9 Å². The summed E-state index contributed by atoms with van der Waals surface area (Å²) >= 11 is 0. The Hall–Kier alpha value is -1.14. The van der Waals surface area contributed by atoms with E-state index in [4.69, 9.17) is 10.2 Å². The third-order valence-electron chi connectivity index (χ3n) is 3.62. The fourth-order valence-electron chi connectivity index (χ4n) is 2.41. The van der Waals surface area contributed by atoms with Crippen LogP contribution in [0.4, 0.5) is 0 Å². The Kier molecular flexibility index (Phi) is 5.55. The first-order chi connectivity index (χ1) is 8.49. The lowest BCUT2D eigenvalue weighted by Gasteiger charge is -2.36. The Balaban J connectivity index is 2.40. The van der Waals surface area contributed by atoms with E-state index in [0.29, 0.717) is 6.42 Å². The van der Waals surface area contributed by atoms with Crippen LogP contribution in [0.1, 0.15) is 38.5 Å². The number of rotatable bonds is 6. The van der Waals surface area contributed by atoms with Crippen molar-refractivity contribution in [2.45, 2.75) is 50.2 Å². The summed E-state index contributed by atoms with van der Waals surface area (Å²) in [7, 11) is 1.85. The quantitative estimate of drug-likeness (QED) is 0.531. The molecule has 0 aromatic carbocycles. The molecule has 1 saturated carbocycles. The van der Waals surface area contributed by atoms with Gasteiger partial charge in [-0.3, -0.25) is 4.79 Å². The summed E-state index contributed by atoms with van der Waals surface area (Å²) in [6.45, 7) is -0.242. The second-order valence-electron chi connectivity index (χ2n) is 4.93. The molecule has 0 aliphatic heterocycles. The average molecular weight is 258 g/mol. The van der Waals surface area contributed by atoms with Crippen molar-refractivity contribution in [1.82, 2.24) is 10.6 Å². The van der Waals surface area contributed by atoms with Gasteiger partial charge in [-0.05, 0) is 19.9 Å². The summed E-state index contributed by atoms with van der Waals surface area (Å²) < 4.78 is 0. The predicted molar refractivity (Wildman–Crippen MR) is 66.1 cm³/mol. The molecule has 6 heteroatoms. The minimum atomic E-state index is -1.54. The minimum absolute atomic E-state index is 0.170. The molecule has 0 radical (unpaired) electrons. The molecule has 18 heavy (non-hydrogen) atoms. The van der Waals surface area contributed by atoms with E-state index in [2.05, 4.69) is 10.6 Å². The third kappa shape index (κ3) is 4.27. The van der Waals surface area contributed by atoms with Crippen LogP contribution in [-0.4, -0.2) is 47.3 Å². The first kappa shape index (κ1) is 14.9. The Morgan fingerprint density at radius 1 is 1.28 bits per heavy atom. The highest BCUT2D eigenvalue weighted by atomic mass is 16.4. The van der Waals surface area contributed by atoms with Crippen LogP contribution in [0, 0.1) is 0 Å². The fraction of sp³-hybridized carbons (Fsp3) is 0.833. The van der Waals surface area contributed by atoms with Crippen molar-refractivity contribution in [3.63, 3.8) is 0 Å². The van der Waals surface area contributed by atoms with Crippen molar-refractivity contribution in [2.75, 3.05) is 13.6 Å². The normalized spacial score (nSPS) is 20.1. The van der Waals surface area contributed by atoms with E-state index in [0.717, 1.165) is 25.7 Å². The van der Waals surface area contributed by atoms with Gasteiger partial charge in [0.2, 0.25) is 5.91 Å². The summed E-state index contributed by atoms with van der Waals surface area (Å²) in [6, 6.07) is 0. The van der Waals surface area contributed by atoms with Gasteiger partial charge in [-0.25, -0.2) is 4.79 Å². The number of nitrogens with one attached hydrogen (secondary N) is 2. The molecule has 1 aliphatic rings. The van der Waals surface area contributed by atoms with Crippen molar-refractivity contribution < 1.29 is 19.8 Å². The van der Waals surface area contributed by atoms with E-state index >= 15 is 0 Å². The number of aliphatic hydroxyl groups excluding tert-OH is 1. The maximum Gasteiger partial charge on any atom is 0.334 e. The summed E-state index contributed by atoms with van der Waals surface area (Å²) in [4.78, 5) is 22.2. The van der Waals surface area contributed by atoms with Gasteiger partial charge in [-0.2, -0.15) is 0 Å². The Morgan fingerprint density at radius 2 is 1.89 bits per heavy atom. The van der Waals surface area contributed by atoms with E-state index in [-0.39, 0.29) is 18.0 Å². The monoisotopic (exact) mass is 258 g/mol. The number of carboxylic acids is 1. The number of carbonyl (C=O) groups excluding carboxylic acids is 1. The van der Waals surface area contributed by atoms with Crippen LogP contribution in [0.15, 0.2) is 0 Å². The lowest BCUT2D eigenvalue weighted by molar-refractivity contribution is -0.146. The van der Waals surface area contributed by atoms with Crippen LogP contribution in [0.3, 0.4) is 0 Å². The Morgan fingerprint density at radius 3 is 2.39 bits per heavy atom. The molecular weight excluding hydrogens is 236 g/mol. The van der Waals surface area contributed by atoms with Crippen molar-refractivity contribution in [2.24, 2.45) is 0 Å². The van der Waals surface area contributed by atoms with E-state index in [1.54, 1.807) is 0 Å². The molecule has 1 unspecified atom stereocenters. The molecule has 0 bridgehead atoms. The molecule has 0 aromatic heterocycles. The van der Waals surface area contributed by atoms with Gasteiger partial charge in [-0.1, -0.05) is 19.3 Å². The molecule has 1 rings (SSSR count). The standard InChI is InChI=1S/C12H22N2O4/c1-13-12(5-3-2-4-6-12)7-10(16)14-8-9(15)11(17)18/h9,13,15H,2-8H2,1H3,(H,14,16)(H,17,18). The van der Waals surface area contributed by atoms with Crippen LogP contribution in [0.2, 0.25) is 0 Å². The largest absolute Gasteiger partial charge is 0.479 e. The number of aliphatic hydroxyl groups is 1. The second-order valence-corrected chi connectivity index (χ2v) is 4.93. The molecule has 0 heterocycles. The zero-order chi connectivity index (χ0) is 13.6. The lowest BCUT2D eigenvalue weighted by Crippen LogP contribution is -2.49. The van der Waals surface area contributed by atoms with E-state index in [1.807, 2.05) is 7.05 Å². The molecule has 0 spiro atoms. The maximum atomic E-state index is 11.7. The van der Waals surface area contributed by atoms with Crippen LogP contribution in [0.5, 0.6) is 0 Å². The third-order valence-corrected chi connectivity index (χ3v) is 3.62. The van der Waals surface area contributed by atoms with E-state index in [1.165, 1.54) is 6.42 Å². The molecule has 4 N–H and O–H groups in total. The zero-order valence-electron chi connectivity index (χ0n) is 10.7. The van der Waals surface area contributed by atoms with Crippen LogP contribution in [0.25, 0.3) is 0 Å². The smallest absolute Gasteiger partial charge is 0.334 e. The topological polar surface area (TPSA) is 98.7 Å². The highest BCUT2D eigenvalue weighted by Gasteiger charge is 2.32. The summed E-state index contributed by atoms with van der Waals surface area (Å²) in [5.74, 6) is -1.54. The number of amides is 1. The summed E-state index contributed by atoms with van der Waals surface area (Å²) in [5, 5.41) is 23.3. The van der Waals surface area contributed by atoms with Gasteiger partial charge in [0.15, 0.2) is 6.10 Å². The Labute approximate surface area is 107 Å². The molecule has 1 aliphatic carbocycles. The number of aliphatic carboxylic acids is 1. The summed E-state index contributed by atoms with van der Waals surface area (Å²) in [6.07, 6.45) is 4.11. The van der Waals surface area contributed by atoms with Gasteiger partial charge < -0.3 is 20.8 Å². The molecule has 0 aromatic rings. The maximum absolute atomic E-state index is 11.7. The van der Waals surface area contributed by atoms with Crippen molar-refractivity contribution in [1.29, 1.82) is 0 Å². The van der Waals surface area contributed by atoms with Gasteiger partial charge in [0.1, 0.15) is 0 Å². The lowest BCUT2D eigenvalue weighted by atomic mass is 9.79. The highest BCUT2D eigenvalue weighted by Crippen LogP contribution is 2.30. The molecule has 6 nitrogen and oxygen atoms in total. The van der Waals surface area contributed by atoms with Gasteiger partial charge in [0.05, 0.1) is 6.54 Å². The highest BCUT2D eigenvalue weighted by molar-refractivity contribution is 5.79. The van der Waals surface area contributed by atoms with Crippen molar-refractivity contribution in [3.05, 3.63) is 0 Å². The SMILES string of the molecule is CNC1(CC(=O)NCC(O)C(=O)O)CCCCC1.